The van der Waals surface area contributed by atoms with Crippen LogP contribution in [0.1, 0.15) is 30.9 Å². The van der Waals surface area contributed by atoms with E-state index in [4.69, 9.17) is 4.42 Å². The Morgan fingerprint density at radius 1 is 1.13 bits per heavy atom. The molecule has 0 saturated carbocycles. The van der Waals surface area contributed by atoms with Crippen LogP contribution in [0.5, 0.6) is 0 Å². The van der Waals surface area contributed by atoms with Crippen LogP contribution in [-0.2, 0) is 6.54 Å². The third kappa shape index (κ3) is 5.14. The molecule has 6 nitrogen and oxygen atoms in total. The van der Waals surface area contributed by atoms with Crippen molar-refractivity contribution in [1.29, 1.82) is 0 Å². The molecule has 4 rings (SSSR count). The van der Waals surface area contributed by atoms with Crippen LogP contribution in [0, 0.1) is 0 Å². The minimum atomic E-state index is -2.78. The van der Waals surface area contributed by atoms with E-state index >= 15 is 0 Å². The molecule has 2 aromatic heterocycles. The van der Waals surface area contributed by atoms with E-state index < -0.39 is 12.3 Å². The lowest BCUT2D eigenvalue weighted by Crippen LogP contribution is -2.33. The number of aromatic nitrogens is 3. The first-order valence-electron chi connectivity index (χ1n) is 9.83. The van der Waals surface area contributed by atoms with Gasteiger partial charge in [-0.05, 0) is 69.2 Å². The summed E-state index contributed by atoms with van der Waals surface area (Å²) in [5.41, 5.74) is 2.52. The van der Waals surface area contributed by atoms with E-state index in [1.807, 2.05) is 36.2 Å². The van der Waals surface area contributed by atoms with Crippen molar-refractivity contribution in [1.82, 2.24) is 20.1 Å². The molecule has 158 valence electrons. The van der Waals surface area contributed by atoms with Crippen LogP contribution < -0.4 is 4.31 Å². The van der Waals surface area contributed by atoms with Crippen LogP contribution in [-0.4, -0.2) is 45.5 Å². The Balaban J connectivity index is 1.48. The van der Waals surface area contributed by atoms with E-state index in [-0.39, 0.29) is 5.89 Å². The molecule has 0 spiro atoms. The van der Waals surface area contributed by atoms with Crippen molar-refractivity contribution < 1.29 is 13.2 Å². The summed E-state index contributed by atoms with van der Waals surface area (Å²) in [6, 6.07) is 13.9. The Morgan fingerprint density at radius 3 is 2.53 bits per heavy atom. The first-order chi connectivity index (χ1) is 14.6. The van der Waals surface area contributed by atoms with Crippen molar-refractivity contribution in [3.05, 3.63) is 60.2 Å². The largest absolute Gasteiger partial charge is 0.415 e. The number of rotatable bonds is 7. The van der Waals surface area contributed by atoms with Crippen molar-refractivity contribution in [2.24, 2.45) is 0 Å². The van der Waals surface area contributed by atoms with E-state index in [1.165, 1.54) is 0 Å². The number of hydrogen-bond acceptors (Lipinski definition) is 7. The Hall–Kier alpha value is -2.52. The molecule has 1 aromatic carbocycles. The van der Waals surface area contributed by atoms with E-state index in [9.17, 15) is 8.78 Å². The lowest BCUT2D eigenvalue weighted by molar-refractivity contribution is 0.116. The highest BCUT2D eigenvalue weighted by Gasteiger charge is 2.22. The van der Waals surface area contributed by atoms with Gasteiger partial charge in [0.05, 0.1) is 17.8 Å². The molecule has 0 atom stereocenters. The van der Waals surface area contributed by atoms with Gasteiger partial charge in [0.15, 0.2) is 0 Å². The van der Waals surface area contributed by atoms with Gasteiger partial charge in [-0.1, -0.05) is 18.2 Å². The van der Waals surface area contributed by atoms with Gasteiger partial charge < -0.3 is 13.6 Å². The third-order valence-electron chi connectivity index (χ3n) is 4.99. The van der Waals surface area contributed by atoms with Crippen LogP contribution in [0.2, 0.25) is 0 Å². The molecular weight excluding hydrogens is 408 g/mol. The quantitative estimate of drug-likeness (QED) is 0.497. The molecular formula is C21H23F2N5OS. The molecule has 9 heteroatoms. The predicted molar refractivity (Wildman–Crippen MR) is 113 cm³/mol. The zero-order valence-corrected chi connectivity index (χ0v) is 17.4. The van der Waals surface area contributed by atoms with Gasteiger partial charge >= 0.3 is 6.43 Å². The van der Waals surface area contributed by atoms with Gasteiger partial charge in [-0.25, -0.2) is 0 Å². The Bertz CT molecular complexity index is 930. The fourth-order valence-electron chi connectivity index (χ4n) is 3.29. The lowest BCUT2D eigenvalue weighted by Gasteiger charge is -2.33. The summed E-state index contributed by atoms with van der Waals surface area (Å²) in [4.78, 5) is 6.86. The van der Waals surface area contributed by atoms with Crippen LogP contribution in [0.25, 0.3) is 11.5 Å². The molecule has 0 radical (unpaired) electrons. The number of para-hydroxylation sites is 1. The smallest absolute Gasteiger partial charge is 0.314 e. The Kier molecular flexibility index (Phi) is 6.59. The number of anilines is 1. The molecule has 1 fully saturated rings. The first-order valence-corrected chi connectivity index (χ1v) is 10.7. The lowest BCUT2D eigenvalue weighted by atomic mass is 10.1. The topological polar surface area (TPSA) is 58.3 Å². The molecule has 0 amide bonds. The van der Waals surface area contributed by atoms with Gasteiger partial charge in [-0.3, -0.25) is 4.98 Å². The average Bonchev–Trinajstić information content (AvgIpc) is 3.27. The van der Waals surface area contributed by atoms with Gasteiger partial charge in [0, 0.05) is 17.1 Å². The zero-order valence-electron chi connectivity index (χ0n) is 16.6. The molecule has 0 N–H and O–H groups in total. The predicted octanol–water partition coefficient (Wildman–Crippen LogP) is 4.82. The Labute approximate surface area is 178 Å². The number of likely N-dealkylation sites (tertiary alicyclic amines) is 1. The fraction of sp³-hybridized carbons (Fsp3) is 0.381. The summed E-state index contributed by atoms with van der Waals surface area (Å²) >= 11 is 1.87. The van der Waals surface area contributed by atoms with Crippen LogP contribution in [0.4, 0.5) is 14.5 Å². The number of halogens is 2. The van der Waals surface area contributed by atoms with E-state index in [0.717, 1.165) is 37.3 Å². The highest BCUT2D eigenvalue weighted by atomic mass is 32.2. The number of piperidine rings is 1. The number of nitrogens with zero attached hydrogens (tertiary/aromatic N) is 5. The second kappa shape index (κ2) is 9.53. The van der Waals surface area contributed by atoms with Crippen LogP contribution in [0.15, 0.2) is 53.1 Å². The summed E-state index contributed by atoms with van der Waals surface area (Å²) in [7, 11) is 2.16. The van der Waals surface area contributed by atoms with Gasteiger partial charge in [0.2, 0.25) is 5.89 Å². The summed E-state index contributed by atoms with van der Waals surface area (Å²) in [6.07, 6.45) is 1.11. The molecule has 1 aliphatic rings. The first kappa shape index (κ1) is 20.7. The van der Waals surface area contributed by atoms with Crippen molar-refractivity contribution >= 4 is 17.6 Å². The minimum Gasteiger partial charge on any atom is -0.415 e. The van der Waals surface area contributed by atoms with E-state index in [0.29, 0.717) is 17.4 Å². The average molecular weight is 432 g/mol. The van der Waals surface area contributed by atoms with Gasteiger partial charge in [-0.15, -0.1) is 10.2 Å². The molecule has 0 aliphatic carbocycles. The standard InChI is InChI=1S/C21H23F2N5OS/c1-27-11-9-18(10-12-27)30-28(17-5-3-2-4-6-17)14-16-8-7-15(13-24-16)20-25-26-21(29-20)19(22)23/h2-8,13,18-19H,9-12,14H2,1H3. The summed E-state index contributed by atoms with van der Waals surface area (Å²) in [6.45, 7) is 2.85. The molecule has 1 saturated heterocycles. The second-order valence-corrected chi connectivity index (χ2v) is 8.58. The van der Waals surface area contributed by atoms with Crippen LogP contribution >= 0.6 is 11.9 Å². The normalized spacial score (nSPS) is 15.6. The summed E-state index contributed by atoms with van der Waals surface area (Å²) < 4.78 is 32.6. The van der Waals surface area contributed by atoms with Gasteiger partial charge in [-0.2, -0.15) is 8.78 Å². The van der Waals surface area contributed by atoms with Crippen LogP contribution in [0.3, 0.4) is 0 Å². The maximum Gasteiger partial charge on any atom is 0.314 e. The monoisotopic (exact) mass is 431 g/mol. The molecule has 3 aromatic rings. The number of alkyl halides is 2. The number of benzene rings is 1. The minimum absolute atomic E-state index is 0.0463. The summed E-state index contributed by atoms with van der Waals surface area (Å²) in [5, 5.41) is 7.60. The maximum absolute atomic E-state index is 12.7. The zero-order chi connectivity index (χ0) is 20.9. The highest BCUT2D eigenvalue weighted by molar-refractivity contribution is 8.01. The van der Waals surface area contributed by atoms with Gasteiger partial charge in [0.1, 0.15) is 0 Å². The van der Waals surface area contributed by atoms with Crippen molar-refractivity contribution in [3.63, 3.8) is 0 Å². The third-order valence-corrected chi connectivity index (χ3v) is 6.35. The highest BCUT2D eigenvalue weighted by Crippen LogP contribution is 2.32. The number of pyridine rings is 1. The van der Waals surface area contributed by atoms with E-state index in [2.05, 4.69) is 43.6 Å². The number of hydrogen-bond donors (Lipinski definition) is 0. The van der Waals surface area contributed by atoms with Crippen molar-refractivity contribution in [3.8, 4) is 11.5 Å². The second-order valence-electron chi connectivity index (χ2n) is 7.26. The fourth-order valence-corrected chi connectivity index (χ4v) is 4.52. The maximum atomic E-state index is 12.7. The molecule has 0 bridgehead atoms. The SMILES string of the molecule is CN1CCC(SN(Cc2ccc(-c3nnc(C(F)F)o3)cn2)c2ccccc2)CC1. The van der Waals surface area contributed by atoms with Crippen molar-refractivity contribution in [2.45, 2.75) is 31.1 Å². The molecule has 0 unspecified atom stereocenters. The molecule has 1 aliphatic heterocycles. The molecule has 3 heterocycles. The van der Waals surface area contributed by atoms with Gasteiger partial charge in [0.25, 0.3) is 5.89 Å². The summed E-state index contributed by atoms with van der Waals surface area (Å²) in [5.74, 6) is -0.635. The van der Waals surface area contributed by atoms with E-state index in [1.54, 1.807) is 12.3 Å². The molecule has 30 heavy (non-hydrogen) atoms. The Morgan fingerprint density at radius 2 is 1.90 bits per heavy atom. The van der Waals surface area contributed by atoms with Crippen molar-refractivity contribution in [2.75, 3.05) is 24.4 Å².